The molecule has 0 aromatic heterocycles. The fraction of sp³-hybridized carbons (Fsp3) is 0.400. The van der Waals surface area contributed by atoms with Crippen molar-refractivity contribution in [1.82, 2.24) is 0 Å². The maximum Gasteiger partial charge on any atom is 0.181 e. The first kappa shape index (κ1) is 8.91. The minimum Gasteiger partial charge on any atom is -0.292 e. The van der Waals surface area contributed by atoms with E-state index in [9.17, 15) is 4.79 Å². The van der Waals surface area contributed by atoms with Crippen molar-refractivity contribution in [2.45, 2.75) is 25.7 Å². The van der Waals surface area contributed by atoms with Crippen LogP contribution in [0.3, 0.4) is 0 Å². The topological polar surface area (TPSA) is 29.4 Å². The molecular weight excluding hydrogens is 150 g/mol. The zero-order chi connectivity index (χ0) is 8.97. The second-order valence-corrected chi connectivity index (χ2v) is 2.87. The van der Waals surface area contributed by atoms with Gasteiger partial charge in [0.05, 0.1) is 0 Å². The Balaban J connectivity index is 3.02. The Kier molecular flexibility index (Phi) is 2.97. The SMILES string of the molecule is C=CC1=C(N=C)C(=O)CCCC1. The molecule has 2 heteroatoms. The third-order valence-electron chi connectivity index (χ3n) is 2.07. The van der Waals surface area contributed by atoms with Gasteiger partial charge in [0.15, 0.2) is 5.78 Å². The molecule has 1 rings (SSSR count). The number of aliphatic imine (C=N–C) groups is 1. The molecule has 0 aromatic rings. The predicted molar refractivity (Wildman–Crippen MR) is 50.2 cm³/mol. The van der Waals surface area contributed by atoms with Crippen LogP contribution in [0.25, 0.3) is 0 Å². The molecule has 0 saturated carbocycles. The number of nitrogens with zero attached hydrogens (tertiary/aromatic N) is 1. The summed E-state index contributed by atoms with van der Waals surface area (Å²) in [7, 11) is 0. The lowest BCUT2D eigenvalue weighted by Crippen LogP contribution is -1.99. The predicted octanol–water partition coefficient (Wildman–Crippen LogP) is 2.27. The van der Waals surface area contributed by atoms with Gasteiger partial charge in [0.1, 0.15) is 5.70 Å². The van der Waals surface area contributed by atoms with Gasteiger partial charge < -0.3 is 0 Å². The average molecular weight is 163 g/mol. The first-order valence-electron chi connectivity index (χ1n) is 4.15. The molecule has 0 saturated heterocycles. The number of hydrogen-bond donors (Lipinski definition) is 0. The summed E-state index contributed by atoms with van der Waals surface area (Å²) in [6.07, 6.45) is 5.23. The van der Waals surface area contributed by atoms with Crippen molar-refractivity contribution in [2.24, 2.45) is 4.99 Å². The van der Waals surface area contributed by atoms with E-state index in [-0.39, 0.29) is 5.78 Å². The van der Waals surface area contributed by atoms with E-state index in [0.717, 1.165) is 24.8 Å². The van der Waals surface area contributed by atoms with Gasteiger partial charge in [-0.25, -0.2) is 0 Å². The Morgan fingerprint density at radius 2 is 2.00 bits per heavy atom. The molecule has 0 fully saturated rings. The maximum absolute atomic E-state index is 11.4. The van der Waals surface area contributed by atoms with E-state index >= 15 is 0 Å². The van der Waals surface area contributed by atoms with E-state index in [4.69, 9.17) is 0 Å². The quantitative estimate of drug-likeness (QED) is 0.574. The standard InChI is InChI=1S/C10H13NO/c1-3-8-6-4-5-7-9(12)10(8)11-2/h3H,1-2,4-7H2. The summed E-state index contributed by atoms with van der Waals surface area (Å²) in [5.74, 6) is 0.109. The smallest absolute Gasteiger partial charge is 0.181 e. The summed E-state index contributed by atoms with van der Waals surface area (Å²) in [5, 5.41) is 0. The van der Waals surface area contributed by atoms with Gasteiger partial charge in [-0.15, -0.1) is 0 Å². The second-order valence-electron chi connectivity index (χ2n) is 2.87. The highest BCUT2D eigenvalue weighted by molar-refractivity contribution is 5.97. The molecule has 0 heterocycles. The van der Waals surface area contributed by atoms with Gasteiger partial charge in [0.2, 0.25) is 0 Å². The van der Waals surface area contributed by atoms with Crippen molar-refractivity contribution in [2.75, 3.05) is 0 Å². The van der Waals surface area contributed by atoms with E-state index in [2.05, 4.69) is 18.3 Å². The number of carbonyl (C=O) groups excluding carboxylic acids is 1. The van der Waals surface area contributed by atoms with Crippen molar-refractivity contribution < 1.29 is 4.79 Å². The monoisotopic (exact) mass is 163 g/mol. The van der Waals surface area contributed by atoms with E-state index in [0.29, 0.717) is 12.1 Å². The molecule has 0 aromatic carbocycles. The summed E-state index contributed by atoms with van der Waals surface area (Å²) < 4.78 is 0. The average Bonchev–Trinajstić information content (AvgIpc) is 2.26. The highest BCUT2D eigenvalue weighted by Crippen LogP contribution is 2.22. The largest absolute Gasteiger partial charge is 0.292 e. The second kappa shape index (κ2) is 4.00. The van der Waals surface area contributed by atoms with Gasteiger partial charge in [-0.1, -0.05) is 12.7 Å². The fourth-order valence-corrected chi connectivity index (χ4v) is 1.41. The van der Waals surface area contributed by atoms with Gasteiger partial charge in [-0.2, -0.15) is 0 Å². The number of carbonyl (C=O) groups is 1. The minimum atomic E-state index is 0.109. The fourth-order valence-electron chi connectivity index (χ4n) is 1.41. The number of ketones is 1. The lowest BCUT2D eigenvalue weighted by atomic mass is 10.1. The van der Waals surface area contributed by atoms with Gasteiger partial charge in [-0.3, -0.25) is 9.79 Å². The maximum atomic E-state index is 11.4. The van der Waals surface area contributed by atoms with Crippen LogP contribution in [-0.2, 0) is 4.79 Å². The zero-order valence-electron chi connectivity index (χ0n) is 7.18. The number of rotatable bonds is 2. The Hall–Kier alpha value is -1.18. The summed E-state index contributed by atoms with van der Waals surface area (Å²) in [6.45, 7) is 7.06. The van der Waals surface area contributed by atoms with Crippen molar-refractivity contribution in [1.29, 1.82) is 0 Å². The molecule has 0 radical (unpaired) electrons. The number of hydrogen-bond acceptors (Lipinski definition) is 2. The van der Waals surface area contributed by atoms with Crippen LogP contribution in [-0.4, -0.2) is 12.5 Å². The van der Waals surface area contributed by atoms with Crippen molar-refractivity contribution in [3.05, 3.63) is 23.9 Å². The normalized spacial score (nSPS) is 18.8. The third-order valence-corrected chi connectivity index (χ3v) is 2.07. The van der Waals surface area contributed by atoms with Gasteiger partial charge in [0, 0.05) is 6.42 Å². The van der Waals surface area contributed by atoms with Crippen LogP contribution in [0, 0.1) is 0 Å². The van der Waals surface area contributed by atoms with E-state index in [1.807, 2.05) is 0 Å². The Labute approximate surface area is 72.7 Å². The van der Waals surface area contributed by atoms with E-state index in [1.165, 1.54) is 0 Å². The summed E-state index contributed by atoms with van der Waals surface area (Å²) >= 11 is 0. The third kappa shape index (κ3) is 1.70. The number of allylic oxidation sites excluding steroid dienone is 3. The van der Waals surface area contributed by atoms with Crippen LogP contribution >= 0.6 is 0 Å². The molecule has 1 aliphatic rings. The molecule has 1 aliphatic carbocycles. The molecule has 0 N–H and O–H groups in total. The highest BCUT2D eigenvalue weighted by atomic mass is 16.1. The molecule has 0 spiro atoms. The van der Waals surface area contributed by atoms with Crippen LogP contribution in [0.15, 0.2) is 28.9 Å². The van der Waals surface area contributed by atoms with Gasteiger partial charge in [0.25, 0.3) is 0 Å². The molecule has 0 unspecified atom stereocenters. The van der Waals surface area contributed by atoms with E-state index < -0.39 is 0 Å². The number of Topliss-reactive ketones (excluding diaryl/α,β-unsaturated/α-hetero) is 1. The van der Waals surface area contributed by atoms with Crippen molar-refractivity contribution in [3.63, 3.8) is 0 Å². The molecule has 2 nitrogen and oxygen atoms in total. The van der Waals surface area contributed by atoms with Crippen LogP contribution < -0.4 is 0 Å². The Morgan fingerprint density at radius 3 is 2.58 bits per heavy atom. The molecule has 0 aliphatic heterocycles. The Bertz CT molecular complexity index is 251. The summed E-state index contributed by atoms with van der Waals surface area (Å²) in [6, 6.07) is 0. The van der Waals surface area contributed by atoms with E-state index in [1.54, 1.807) is 6.08 Å². The first-order chi connectivity index (χ1) is 5.79. The molecule has 64 valence electrons. The summed E-state index contributed by atoms with van der Waals surface area (Å²) in [4.78, 5) is 15.1. The van der Waals surface area contributed by atoms with Gasteiger partial charge >= 0.3 is 0 Å². The molecule has 0 atom stereocenters. The van der Waals surface area contributed by atoms with Crippen LogP contribution in [0.1, 0.15) is 25.7 Å². The molecule has 0 amide bonds. The first-order valence-corrected chi connectivity index (χ1v) is 4.15. The lowest BCUT2D eigenvalue weighted by molar-refractivity contribution is -0.115. The van der Waals surface area contributed by atoms with Crippen molar-refractivity contribution in [3.8, 4) is 0 Å². The summed E-state index contributed by atoms with van der Waals surface area (Å²) in [5.41, 5.74) is 1.48. The minimum absolute atomic E-state index is 0.109. The molecule has 0 bridgehead atoms. The highest BCUT2D eigenvalue weighted by Gasteiger charge is 2.15. The molecule has 12 heavy (non-hydrogen) atoms. The zero-order valence-corrected chi connectivity index (χ0v) is 7.18. The Morgan fingerprint density at radius 1 is 1.33 bits per heavy atom. The van der Waals surface area contributed by atoms with Gasteiger partial charge in [-0.05, 0) is 31.6 Å². The molecular formula is C10H13NO. The lowest BCUT2D eigenvalue weighted by Gasteiger charge is -2.00. The van der Waals surface area contributed by atoms with Crippen LogP contribution in [0.5, 0.6) is 0 Å². The van der Waals surface area contributed by atoms with Crippen molar-refractivity contribution >= 4 is 12.5 Å². The van der Waals surface area contributed by atoms with Crippen LogP contribution in [0.2, 0.25) is 0 Å². The van der Waals surface area contributed by atoms with Crippen LogP contribution in [0.4, 0.5) is 0 Å².